The summed E-state index contributed by atoms with van der Waals surface area (Å²) in [4.78, 5) is 13.0. The van der Waals surface area contributed by atoms with Crippen LogP contribution in [0.5, 0.6) is 0 Å². The normalized spacial score (nSPS) is 27.2. The van der Waals surface area contributed by atoms with Gasteiger partial charge < -0.3 is 30.4 Å². The van der Waals surface area contributed by atoms with E-state index in [0.29, 0.717) is 17.0 Å². The first-order chi connectivity index (χ1) is 11.7. The number of aromatic nitrogens is 4. The minimum absolute atomic E-state index is 0.0931. The Labute approximate surface area is 146 Å². The molecule has 1 aliphatic heterocycles. The van der Waals surface area contributed by atoms with Gasteiger partial charge in [-0.1, -0.05) is 19.6 Å². The topological polar surface area (TPSA) is 143 Å². The minimum Gasteiger partial charge on any atom is -0.394 e. The molecule has 0 radical (unpaired) electrons. The first kappa shape index (κ1) is 18.0. The second-order valence-corrected chi connectivity index (χ2v) is 12.2. The van der Waals surface area contributed by atoms with Crippen molar-refractivity contribution >= 4 is 31.2 Å². The lowest BCUT2D eigenvalue weighted by molar-refractivity contribution is -0.0500. The molecule has 25 heavy (non-hydrogen) atoms. The van der Waals surface area contributed by atoms with E-state index in [1.54, 1.807) is 0 Å². The number of imidazole rings is 1. The Morgan fingerprint density at radius 1 is 1.28 bits per heavy atom. The van der Waals surface area contributed by atoms with E-state index in [-0.39, 0.29) is 5.95 Å². The SMILES string of the molecule is CN(c1ncnc2c1nc(N)n2C1OC(CO)C(O)C1O)[Si](C)(C)C. The van der Waals surface area contributed by atoms with Crippen LogP contribution in [0.1, 0.15) is 6.23 Å². The highest BCUT2D eigenvalue weighted by atomic mass is 28.3. The number of ether oxygens (including phenoxy) is 1. The molecule has 1 aliphatic rings. The number of nitrogens with zero attached hydrogens (tertiary/aromatic N) is 5. The Morgan fingerprint density at radius 2 is 1.96 bits per heavy atom. The summed E-state index contributed by atoms with van der Waals surface area (Å²) in [6.45, 7) is 6.11. The third kappa shape index (κ3) is 2.87. The first-order valence-corrected chi connectivity index (χ1v) is 11.5. The van der Waals surface area contributed by atoms with E-state index in [9.17, 15) is 15.3 Å². The fourth-order valence-corrected chi connectivity index (χ4v) is 3.62. The molecule has 4 unspecified atom stereocenters. The largest absolute Gasteiger partial charge is 0.394 e. The van der Waals surface area contributed by atoms with Crippen molar-refractivity contribution in [3.8, 4) is 0 Å². The van der Waals surface area contributed by atoms with Crippen molar-refractivity contribution in [1.82, 2.24) is 19.5 Å². The average molecular weight is 368 g/mol. The number of rotatable bonds is 4. The van der Waals surface area contributed by atoms with Gasteiger partial charge in [-0.3, -0.25) is 4.57 Å². The molecule has 2 aromatic heterocycles. The van der Waals surface area contributed by atoms with Gasteiger partial charge >= 0.3 is 0 Å². The lowest BCUT2D eigenvalue weighted by atomic mass is 10.1. The smallest absolute Gasteiger partial charge is 0.204 e. The fourth-order valence-electron chi connectivity index (χ4n) is 2.82. The standard InChI is InChI=1S/C14H24N6O4Si/c1-19(25(2,3)4)11-8-12(17-6-16-11)20(14(15)18-8)13-10(23)9(22)7(5-21)24-13/h6-7,9-10,13,21-23H,5H2,1-4H3,(H2,15,18). The Kier molecular flexibility index (Phi) is 4.45. The number of nitrogens with two attached hydrogens (primary N) is 1. The number of aliphatic hydroxyl groups excluding tert-OH is 3. The molecule has 0 aromatic carbocycles. The summed E-state index contributed by atoms with van der Waals surface area (Å²) < 4.78 is 9.08. The van der Waals surface area contributed by atoms with Gasteiger partial charge in [-0.2, -0.15) is 0 Å². The molecule has 0 amide bonds. The summed E-state index contributed by atoms with van der Waals surface area (Å²) in [6.07, 6.45) is -2.96. The predicted octanol–water partition coefficient (Wildman–Crippen LogP) is -0.709. The number of aliphatic hydroxyl groups is 3. The molecule has 1 saturated heterocycles. The van der Waals surface area contributed by atoms with Gasteiger partial charge in [0.1, 0.15) is 32.9 Å². The van der Waals surface area contributed by atoms with Crippen LogP contribution in [0.25, 0.3) is 11.2 Å². The summed E-state index contributed by atoms with van der Waals surface area (Å²) in [5, 5.41) is 29.6. The molecular weight excluding hydrogens is 344 g/mol. The van der Waals surface area contributed by atoms with Crippen LogP contribution in [0.3, 0.4) is 0 Å². The second-order valence-electron chi connectivity index (χ2n) is 7.17. The molecule has 1 fully saturated rings. The van der Waals surface area contributed by atoms with E-state index in [1.807, 2.05) is 7.05 Å². The van der Waals surface area contributed by atoms with Crippen LogP contribution in [0.4, 0.5) is 11.8 Å². The third-order valence-electron chi connectivity index (χ3n) is 4.58. The van der Waals surface area contributed by atoms with Crippen LogP contribution in [0.15, 0.2) is 6.33 Å². The number of hydrogen-bond donors (Lipinski definition) is 4. The summed E-state index contributed by atoms with van der Waals surface area (Å²) in [5.41, 5.74) is 6.95. The van der Waals surface area contributed by atoms with Gasteiger partial charge in [0.05, 0.1) is 6.61 Å². The van der Waals surface area contributed by atoms with E-state index < -0.39 is 39.4 Å². The van der Waals surface area contributed by atoms with E-state index in [1.165, 1.54) is 10.9 Å². The number of nitrogen functional groups attached to an aromatic ring is 1. The van der Waals surface area contributed by atoms with E-state index in [2.05, 4.69) is 39.2 Å². The molecule has 3 rings (SSSR count). The molecule has 11 heteroatoms. The predicted molar refractivity (Wildman–Crippen MR) is 94.5 cm³/mol. The molecule has 0 aliphatic carbocycles. The van der Waals surface area contributed by atoms with Gasteiger partial charge in [0.15, 0.2) is 23.2 Å². The molecule has 4 atom stereocenters. The molecule has 5 N–H and O–H groups in total. The van der Waals surface area contributed by atoms with E-state index >= 15 is 0 Å². The van der Waals surface area contributed by atoms with Gasteiger partial charge in [0.25, 0.3) is 0 Å². The molecular formula is C14H24N6O4Si. The average Bonchev–Trinajstić information content (AvgIpc) is 3.02. The van der Waals surface area contributed by atoms with Crippen molar-refractivity contribution in [2.45, 2.75) is 44.2 Å². The third-order valence-corrected chi connectivity index (χ3v) is 6.80. The van der Waals surface area contributed by atoms with Crippen molar-refractivity contribution in [3.05, 3.63) is 6.33 Å². The molecule has 2 aromatic rings. The number of anilines is 2. The van der Waals surface area contributed by atoms with Crippen LogP contribution in [0.2, 0.25) is 19.6 Å². The maximum Gasteiger partial charge on any atom is 0.204 e. The van der Waals surface area contributed by atoms with Crippen LogP contribution in [0, 0.1) is 0 Å². The van der Waals surface area contributed by atoms with Gasteiger partial charge in [0.2, 0.25) is 5.95 Å². The lowest BCUT2D eigenvalue weighted by Gasteiger charge is -2.31. The zero-order valence-electron chi connectivity index (χ0n) is 14.7. The minimum atomic E-state index is -1.70. The Hall–Kier alpha value is -1.79. The molecule has 0 saturated carbocycles. The Morgan fingerprint density at radius 3 is 2.52 bits per heavy atom. The molecule has 3 heterocycles. The lowest BCUT2D eigenvalue weighted by Crippen LogP contribution is -2.43. The van der Waals surface area contributed by atoms with Crippen molar-refractivity contribution < 1.29 is 20.1 Å². The highest BCUT2D eigenvalue weighted by Crippen LogP contribution is 2.35. The quantitative estimate of drug-likeness (QED) is 0.515. The summed E-state index contributed by atoms with van der Waals surface area (Å²) in [6, 6.07) is 0. The highest BCUT2D eigenvalue weighted by Gasteiger charge is 2.45. The highest BCUT2D eigenvalue weighted by molar-refractivity contribution is 6.79. The molecule has 10 nitrogen and oxygen atoms in total. The van der Waals surface area contributed by atoms with Gasteiger partial charge in [0, 0.05) is 0 Å². The summed E-state index contributed by atoms with van der Waals surface area (Å²) in [7, 11) is 0.254. The maximum atomic E-state index is 10.3. The number of fused-ring (bicyclic) bond motifs is 1. The Balaban J connectivity index is 2.11. The van der Waals surface area contributed by atoms with Crippen LogP contribution >= 0.6 is 0 Å². The molecule has 0 bridgehead atoms. The van der Waals surface area contributed by atoms with Gasteiger partial charge in [-0.15, -0.1) is 0 Å². The first-order valence-electron chi connectivity index (χ1n) is 8.01. The van der Waals surface area contributed by atoms with Crippen molar-refractivity contribution in [2.75, 3.05) is 24.0 Å². The van der Waals surface area contributed by atoms with Crippen LogP contribution in [-0.4, -0.2) is 75.0 Å². The zero-order chi connectivity index (χ0) is 18.5. The molecule has 0 spiro atoms. The summed E-state index contributed by atoms with van der Waals surface area (Å²) in [5.74, 6) is 0.747. The van der Waals surface area contributed by atoms with E-state index in [4.69, 9.17) is 10.5 Å². The summed E-state index contributed by atoms with van der Waals surface area (Å²) >= 11 is 0. The van der Waals surface area contributed by atoms with Crippen molar-refractivity contribution in [3.63, 3.8) is 0 Å². The number of hydrogen-bond acceptors (Lipinski definition) is 9. The van der Waals surface area contributed by atoms with E-state index in [0.717, 1.165) is 0 Å². The molecule has 138 valence electrons. The monoisotopic (exact) mass is 368 g/mol. The zero-order valence-corrected chi connectivity index (χ0v) is 15.7. The fraction of sp³-hybridized carbons (Fsp3) is 0.643. The van der Waals surface area contributed by atoms with Crippen molar-refractivity contribution in [1.29, 1.82) is 0 Å². The van der Waals surface area contributed by atoms with Gasteiger partial charge in [-0.05, 0) is 7.05 Å². The maximum absolute atomic E-state index is 10.3. The van der Waals surface area contributed by atoms with Gasteiger partial charge in [-0.25, -0.2) is 15.0 Å². The van der Waals surface area contributed by atoms with Crippen molar-refractivity contribution in [2.24, 2.45) is 0 Å². The van der Waals surface area contributed by atoms with Crippen LogP contribution in [-0.2, 0) is 4.74 Å². The second kappa shape index (κ2) is 6.18. The Bertz CT molecular complexity index is 779. The van der Waals surface area contributed by atoms with Crippen LogP contribution < -0.4 is 10.3 Å².